The number of aromatic carboxylic acids is 1. The maximum absolute atomic E-state index is 11.6. The Kier molecular flexibility index (Phi) is 4.19. The number of carbonyl (C=O) groups excluding carboxylic acids is 1. The van der Waals surface area contributed by atoms with Crippen LogP contribution in [-0.4, -0.2) is 64.3 Å². The van der Waals surface area contributed by atoms with Crippen LogP contribution in [0.1, 0.15) is 17.4 Å². The number of carboxylic acid groups (broad SMARTS) is 1. The van der Waals surface area contributed by atoms with Gasteiger partial charge in [0.25, 0.3) is 5.91 Å². The first-order valence-corrected chi connectivity index (χ1v) is 6.41. The molecule has 1 aromatic rings. The normalized spacial score (nSPS) is 16.9. The van der Waals surface area contributed by atoms with Crippen molar-refractivity contribution in [3.05, 3.63) is 23.9 Å². The molecule has 108 valence electrons. The van der Waals surface area contributed by atoms with E-state index in [0.717, 1.165) is 0 Å². The van der Waals surface area contributed by atoms with E-state index in [2.05, 4.69) is 4.98 Å². The Bertz CT molecular complexity index is 510. The molecule has 1 aliphatic rings. The summed E-state index contributed by atoms with van der Waals surface area (Å²) >= 11 is 0. The molecule has 1 fully saturated rings. The molecule has 1 aliphatic heterocycles. The molecule has 1 amide bonds. The highest BCUT2D eigenvalue weighted by Gasteiger charge is 2.24. The minimum absolute atomic E-state index is 0.00462. The zero-order valence-corrected chi connectivity index (χ0v) is 11.2. The number of carboxylic acids is 1. The highest BCUT2D eigenvalue weighted by Crippen LogP contribution is 2.14. The zero-order valence-electron chi connectivity index (χ0n) is 11.2. The molecule has 7 heteroatoms. The molecule has 2 rings (SSSR count). The topological polar surface area (TPSA) is 94.0 Å². The van der Waals surface area contributed by atoms with Crippen LogP contribution in [0.2, 0.25) is 0 Å². The van der Waals surface area contributed by atoms with Crippen LogP contribution in [0.25, 0.3) is 0 Å². The molecular formula is C13H17N3O4. The third kappa shape index (κ3) is 3.05. The van der Waals surface area contributed by atoms with Gasteiger partial charge in [-0.1, -0.05) is 6.07 Å². The highest BCUT2D eigenvalue weighted by atomic mass is 16.4. The van der Waals surface area contributed by atoms with Crippen molar-refractivity contribution < 1.29 is 19.8 Å². The Morgan fingerprint density at radius 3 is 2.45 bits per heavy atom. The summed E-state index contributed by atoms with van der Waals surface area (Å²) in [6.07, 6.45) is -0.991. The minimum Gasteiger partial charge on any atom is -0.477 e. The fourth-order valence-corrected chi connectivity index (χ4v) is 2.14. The van der Waals surface area contributed by atoms with Crippen molar-refractivity contribution in [2.75, 3.05) is 31.1 Å². The average molecular weight is 279 g/mol. The van der Waals surface area contributed by atoms with Gasteiger partial charge < -0.3 is 20.0 Å². The number of amides is 1. The molecular weight excluding hydrogens is 262 g/mol. The van der Waals surface area contributed by atoms with Gasteiger partial charge in [-0.3, -0.25) is 4.79 Å². The average Bonchev–Trinajstić information content (AvgIpc) is 2.46. The monoisotopic (exact) mass is 279 g/mol. The third-order valence-electron chi connectivity index (χ3n) is 3.23. The Labute approximate surface area is 116 Å². The Morgan fingerprint density at radius 2 is 1.90 bits per heavy atom. The summed E-state index contributed by atoms with van der Waals surface area (Å²) in [5.74, 6) is -0.749. The van der Waals surface area contributed by atoms with E-state index in [9.17, 15) is 14.7 Å². The first kappa shape index (κ1) is 14.3. The lowest BCUT2D eigenvalue weighted by Gasteiger charge is -2.36. The molecule has 0 aromatic carbocycles. The molecule has 1 atom stereocenters. The van der Waals surface area contributed by atoms with Crippen molar-refractivity contribution in [2.24, 2.45) is 0 Å². The van der Waals surface area contributed by atoms with Gasteiger partial charge >= 0.3 is 5.97 Å². The third-order valence-corrected chi connectivity index (χ3v) is 3.23. The predicted molar refractivity (Wildman–Crippen MR) is 71.7 cm³/mol. The number of hydrogen-bond acceptors (Lipinski definition) is 5. The van der Waals surface area contributed by atoms with Gasteiger partial charge in [0.2, 0.25) is 0 Å². The second-order valence-electron chi connectivity index (χ2n) is 4.67. The van der Waals surface area contributed by atoms with Crippen LogP contribution < -0.4 is 4.90 Å². The summed E-state index contributed by atoms with van der Waals surface area (Å²) in [5, 5.41) is 18.2. The number of hydrogen-bond donors (Lipinski definition) is 2. The smallest absolute Gasteiger partial charge is 0.354 e. The molecule has 1 saturated heterocycles. The van der Waals surface area contributed by atoms with Gasteiger partial charge in [0.05, 0.1) is 0 Å². The van der Waals surface area contributed by atoms with Crippen LogP contribution in [0, 0.1) is 0 Å². The molecule has 0 spiro atoms. The fraction of sp³-hybridized carbons (Fsp3) is 0.462. The van der Waals surface area contributed by atoms with Crippen molar-refractivity contribution in [3.8, 4) is 0 Å². The van der Waals surface area contributed by atoms with E-state index in [1.54, 1.807) is 17.0 Å². The van der Waals surface area contributed by atoms with E-state index < -0.39 is 12.1 Å². The zero-order chi connectivity index (χ0) is 14.7. The number of aromatic nitrogens is 1. The number of pyridine rings is 1. The fourth-order valence-electron chi connectivity index (χ4n) is 2.14. The van der Waals surface area contributed by atoms with Gasteiger partial charge in [-0.05, 0) is 19.1 Å². The van der Waals surface area contributed by atoms with Crippen molar-refractivity contribution in [1.29, 1.82) is 0 Å². The standard InChI is InChI=1S/C13H17N3O4/c1-9(17)12(18)16-7-5-15(6-8-16)11-4-2-3-10(14-11)13(19)20/h2-4,9,17H,5-8H2,1H3,(H,19,20). The summed E-state index contributed by atoms with van der Waals surface area (Å²) < 4.78 is 0. The lowest BCUT2D eigenvalue weighted by molar-refractivity contribution is -0.139. The summed E-state index contributed by atoms with van der Waals surface area (Å²) in [6, 6.07) is 4.84. The van der Waals surface area contributed by atoms with Crippen molar-refractivity contribution in [3.63, 3.8) is 0 Å². The van der Waals surface area contributed by atoms with Gasteiger partial charge in [0, 0.05) is 26.2 Å². The predicted octanol–water partition coefficient (Wildman–Crippen LogP) is -0.191. The van der Waals surface area contributed by atoms with Crippen LogP contribution in [0.4, 0.5) is 5.82 Å². The number of anilines is 1. The first-order chi connectivity index (χ1) is 9.49. The number of aliphatic hydroxyl groups is 1. The van der Waals surface area contributed by atoms with Crippen LogP contribution >= 0.6 is 0 Å². The van der Waals surface area contributed by atoms with E-state index in [0.29, 0.717) is 32.0 Å². The maximum atomic E-state index is 11.6. The maximum Gasteiger partial charge on any atom is 0.354 e. The van der Waals surface area contributed by atoms with Crippen LogP contribution in [0.15, 0.2) is 18.2 Å². The number of nitrogens with zero attached hydrogens (tertiary/aromatic N) is 3. The SMILES string of the molecule is CC(O)C(=O)N1CCN(c2cccc(C(=O)O)n2)CC1. The molecule has 0 saturated carbocycles. The van der Waals surface area contributed by atoms with Gasteiger partial charge in [0.15, 0.2) is 5.69 Å². The van der Waals surface area contributed by atoms with Gasteiger partial charge in [-0.15, -0.1) is 0 Å². The van der Waals surface area contributed by atoms with Crippen molar-refractivity contribution >= 4 is 17.7 Å². The quantitative estimate of drug-likeness (QED) is 0.796. The molecule has 7 nitrogen and oxygen atoms in total. The second kappa shape index (κ2) is 5.87. The summed E-state index contributed by atoms with van der Waals surface area (Å²) in [5.41, 5.74) is 0.00462. The van der Waals surface area contributed by atoms with Crippen molar-refractivity contribution in [1.82, 2.24) is 9.88 Å². The summed E-state index contributed by atoms with van der Waals surface area (Å²) in [6.45, 7) is 3.56. The minimum atomic E-state index is -1.06. The second-order valence-corrected chi connectivity index (χ2v) is 4.67. The highest BCUT2D eigenvalue weighted by molar-refractivity contribution is 5.85. The largest absolute Gasteiger partial charge is 0.477 e. The van der Waals surface area contributed by atoms with Crippen LogP contribution in [-0.2, 0) is 4.79 Å². The number of piperazine rings is 1. The lowest BCUT2D eigenvalue weighted by Crippen LogP contribution is -2.51. The molecule has 0 radical (unpaired) electrons. The van der Waals surface area contributed by atoms with Gasteiger partial charge in [0.1, 0.15) is 11.9 Å². The molecule has 20 heavy (non-hydrogen) atoms. The molecule has 1 aromatic heterocycles. The Balaban J connectivity index is 2.02. The van der Waals surface area contributed by atoms with E-state index in [1.807, 2.05) is 4.90 Å². The number of rotatable bonds is 3. The first-order valence-electron chi connectivity index (χ1n) is 6.41. The van der Waals surface area contributed by atoms with Crippen molar-refractivity contribution in [2.45, 2.75) is 13.0 Å². The van der Waals surface area contributed by atoms with Gasteiger partial charge in [-0.25, -0.2) is 9.78 Å². The molecule has 0 aliphatic carbocycles. The van der Waals surface area contributed by atoms with E-state index in [4.69, 9.17) is 5.11 Å². The summed E-state index contributed by atoms with van der Waals surface area (Å²) in [4.78, 5) is 30.1. The van der Waals surface area contributed by atoms with E-state index in [1.165, 1.54) is 13.0 Å². The Hall–Kier alpha value is -2.15. The summed E-state index contributed by atoms with van der Waals surface area (Å²) in [7, 11) is 0. The van der Waals surface area contributed by atoms with Crippen LogP contribution in [0.5, 0.6) is 0 Å². The lowest BCUT2D eigenvalue weighted by atomic mass is 10.2. The Morgan fingerprint density at radius 1 is 1.25 bits per heavy atom. The number of carbonyl (C=O) groups is 2. The molecule has 0 bridgehead atoms. The molecule has 2 heterocycles. The van der Waals surface area contributed by atoms with E-state index in [-0.39, 0.29) is 11.6 Å². The van der Waals surface area contributed by atoms with E-state index >= 15 is 0 Å². The van der Waals surface area contributed by atoms with Gasteiger partial charge in [-0.2, -0.15) is 0 Å². The molecule has 2 N–H and O–H groups in total. The number of aliphatic hydroxyl groups excluding tert-OH is 1. The molecule has 1 unspecified atom stereocenters. The van der Waals surface area contributed by atoms with Crippen LogP contribution in [0.3, 0.4) is 0 Å².